The van der Waals surface area contributed by atoms with Crippen LogP contribution in [0.3, 0.4) is 0 Å². The molecule has 0 spiro atoms. The number of rotatable bonds is 5. The molecule has 8 nitrogen and oxygen atoms in total. The first-order chi connectivity index (χ1) is 16.2. The molecule has 8 heteroatoms. The minimum absolute atomic E-state index is 0.0859. The Morgan fingerprint density at radius 2 is 1.85 bits per heavy atom. The number of ether oxygens (including phenoxy) is 2. The first-order valence-corrected chi connectivity index (χ1v) is 11.9. The summed E-state index contributed by atoms with van der Waals surface area (Å²) in [5.74, 6) is 2.42. The van der Waals surface area contributed by atoms with E-state index in [0.29, 0.717) is 36.7 Å². The third-order valence-corrected chi connectivity index (χ3v) is 7.80. The van der Waals surface area contributed by atoms with Crippen LogP contribution in [0, 0.1) is 11.8 Å². The molecule has 4 aliphatic rings. The van der Waals surface area contributed by atoms with Crippen LogP contribution in [0.5, 0.6) is 5.75 Å². The molecule has 3 fully saturated rings. The molecule has 1 unspecified atom stereocenters. The van der Waals surface area contributed by atoms with Crippen molar-refractivity contribution in [1.29, 1.82) is 0 Å². The highest BCUT2D eigenvalue weighted by Crippen LogP contribution is 2.46. The Labute approximate surface area is 199 Å². The molecule has 1 aliphatic carbocycles. The van der Waals surface area contributed by atoms with Gasteiger partial charge in [-0.2, -0.15) is 0 Å². The second-order valence-electron chi connectivity index (χ2n) is 11.0. The summed E-state index contributed by atoms with van der Waals surface area (Å²) >= 11 is 0. The van der Waals surface area contributed by atoms with Crippen LogP contribution in [0.4, 0.5) is 16.3 Å². The number of nitrogens with zero attached hydrogens (tertiary/aromatic N) is 3. The minimum atomic E-state index is -0.974. The predicted octanol–water partition coefficient (Wildman–Crippen LogP) is 3.56. The number of benzene rings is 1. The smallest absolute Gasteiger partial charge is 0.332 e. The molecule has 1 aromatic heterocycles. The third-order valence-electron chi connectivity index (χ3n) is 7.80. The maximum absolute atomic E-state index is 13.5. The van der Waals surface area contributed by atoms with Gasteiger partial charge < -0.3 is 19.7 Å². The van der Waals surface area contributed by atoms with Gasteiger partial charge in [-0.15, -0.1) is 0 Å². The van der Waals surface area contributed by atoms with Gasteiger partial charge in [-0.05, 0) is 37.6 Å². The monoisotopic (exact) mass is 462 g/mol. The van der Waals surface area contributed by atoms with Gasteiger partial charge in [-0.1, -0.05) is 19.9 Å². The van der Waals surface area contributed by atoms with Crippen LogP contribution in [0.15, 0.2) is 36.5 Å². The van der Waals surface area contributed by atoms with Gasteiger partial charge in [0.1, 0.15) is 17.1 Å². The van der Waals surface area contributed by atoms with Gasteiger partial charge in [-0.25, -0.2) is 14.7 Å². The summed E-state index contributed by atoms with van der Waals surface area (Å²) in [7, 11) is 0. The van der Waals surface area contributed by atoms with E-state index in [1.54, 1.807) is 24.9 Å². The fourth-order valence-corrected chi connectivity index (χ4v) is 5.45. The molecule has 1 aromatic carbocycles. The van der Waals surface area contributed by atoms with Gasteiger partial charge in [0.15, 0.2) is 0 Å². The van der Waals surface area contributed by atoms with E-state index >= 15 is 0 Å². The molecule has 3 atom stereocenters. The van der Waals surface area contributed by atoms with Crippen molar-refractivity contribution in [3.63, 3.8) is 0 Å². The molecule has 6 rings (SSSR count). The van der Waals surface area contributed by atoms with Crippen LogP contribution in [0.25, 0.3) is 0 Å². The molecule has 2 aromatic rings. The number of amides is 3. The van der Waals surface area contributed by atoms with Crippen molar-refractivity contribution in [3.05, 3.63) is 47.7 Å². The molecule has 3 aliphatic heterocycles. The van der Waals surface area contributed by atoms with Crippen LogP contribution >= 0.6 is 0 Å². The average Bonchev–Trinajstić information content (AvgIpc) is 3.08. The topological polar surface area (TPSA) is 84.0 Å². The molecular weight excluding hydrogens is 432 g/mol. The molecular formula is C26H30N4O4. The number of nitrogens with one attached hydrogen (secondary N) is 1. The average molecular weight is 463 g/mol. The van der Waals surface area contributed by atoms with Crippen molar-refractivity contribution in [1.82, 2.24) is 9.88 Å². The zero-order valence-electron chi connectivity index (χ0n) is 20.0. The van der Waals surface area contributed by atoms with Gasteiger partial charge in [0.2, 0.25) is 0 Å². The highest BCUT2D eigenvalue weighted by atomic mass is 16.5. The number of anilines is 2. The number of aromatic nitrogens is 1. The number of fused-ring (bicyclic) bond motifs is 2. The molecule has 4 heterocycles. The minimum Gasteiger partial charge on any atom is -0.492 e. The number of imide groups is 1. The van der Waals surface area contributed by atoms with E-state index in [1.807, 2.05) is 30.3 Å². The highest BCUT2D eigenvalue weighted by Gasteiger charge is 2.54. The number of hydrogen-bond donors (Lipinski definition) is 1. The van der Waals surface area contributed by atoms with Crippen molar-refractivity contribution < 1.29 is 19.1 Å². The van der Waals surface area contributed by atoms with E-state index in [4.69, 9.17) is 9.47 Å². The summed E-state index contributed by atoms with van der Waals surface area (Å²) in [5.41, 5.74) is 1.50. The zero-order valence-corrected chi connectivity index (χ0v) is 20.0. The molecule has 3 amide bonds. The Morgan fingerprint density at radius 3 is 2.62 bits per heavy atom. The first kappa shape index (κ1) is 21.4. The lowest BCUT2D eigenvalue weighted by Gasteiger charge is -2.27. The number of urea groups is 1. The van der Waals surface area contributed by atoms with Crippen molar-refractivity contribution in [2.24, 2.45) is 11.8 Å². The van der Waals surface area contributed by atoms with Crippen molar-refractivity contribution in [3.8, 4) is 5.75 Å². The van der Waals surface area contributed by atoms with Crippen LogP contribution in [-0.2, 0) is 21.5 Å². The van der Waals surface area contributed by atoms with Crippen molar-refractivity contribution in [2.75, 3.05) is 30.0 Å². The highest BCUT2D eigenvalue weighted by molar-refractivity contribution is 6.23. The number of hydrogen-bond acceptors (Lipinski definition) is 6. The summed E-state index contributed by atoms with van der Waals surface area (Å²) in [6.07, 6.45) is 1.75. The Kier molecular flexibility index (Phi) is 4.52. The first-order valence-electron chi connectivity index (χ1n) is 11.9. The lowest BCUT2D eigenvalue weighted by Crippen LogP contribution is -2.43. The lowest BCUT2D eigenvalue weighted by atomic mass is 9.87. The van der Waals surface area contributed by atoms with Crippen molar-refractivity contribution in [2.45, 2.75) is 51.2 Å². The molecule has 0 bridgehead atoms. The van der Waals surface area contributed by atoms with E-state index in [9.17, 15) is 9.59 Å². The van der Waals surface area contributed by atoms with Gasteiger partial charge >= 0.3 is 6.03 Å². The summed E-state index contributed by atoms with van der Waals surface area (Å²) in [5, 5.41) is 3.50. The number of pyridine rings is 1. The fourth-order valence-electron chi connectivity index (χ4n) is 5.45. The number of carbonyl (C=O) groups excluding carboxylic acids is 2. The van der Waals surface area contributed by atoms with Crippen LogP contribution in [0.1, 0.15) is 38.8 Å². The molecule has 1 N–H and O–H groups in total. The molecule has 0 radical (unpaired) electrons. The summed E-state index contributed by atoms with van der Waals surface area (Å²) in [6.45, 7) is 10.4. The Balaban J connectivity index is 1.23. The maximum atomic E-state index is 13.5. The van der Waals surface area contributed by atoms with Crippen LogP contribution in [0.2, 0.25) is 0 Å². The van der Waals surface area contributed by atoms with Crippen molar-refractivity contribution >= 4 is 23.4 Å². The zero-order chi connectivity index (χ0) is 23.8. The SMILES string of the molecule is CC1(C)COc2cc(N3C(=O)N(Cc4ccnc(NC5[C@H]6COC[C@@H]56)c4)C(C)(C)C3=O)ccc21. The quantitative estimate of drug-likeness (QED) is 0.684. The van der Waals surface area contributed by atoms with E-state index < -0.39 is 5.54 Å². The molecule has 34 heavy (non-hydrogen) atoms. The van der Waals surface area contributed by atoms with Crippen LogP contribution in [-0.4, -0.2) is 53.2 Å². The Bertz CT molecular complexity index is 1180. The fraction of sp³-hybridized carbons (Fsp3) is 0.500. The Hall–Kier alpha value is -3.13. The standard InChI is InChI=1S/C26H30N4O4/c1-25(2)14-34-20-10-16(5-6-19(20)25)30-23(31)26(3,4)29(24(30)32)11-15-7-8-27-21(9-15)28-22-17-12-33-13-18(17)22/h5-10,17-18,22H,11-14H2,1-4H3,(H,27,28)/t17-,18+,22?. The second-order valence-corrected chi connectivity index (χ2v) is 11.0. The van der Waals surface area contributed by atoms with E-state index in [0.717, 1.165) is 35.9 Å². The van der Waals surface area contributed by atoms with E-state index in [-0.39, 0.29) is 17.4 Å². The maximum Gasteiger partial charge on any atom is 0.332 e. The number of carbonyl (C=O) groups is 2. The normalized spacial score (nSPS) is 28.1. The summed E-state index contributed by atoms with van der Waals surface area (Å²) in [4.78, 5) is 34.3. The third kappa shape index (κ3) is 3.19. The lowest BCUT2D eigenvalue weighted by molar-refractivity contribution is -0.123. The molecule has 2 saturated heterocycles. The summed E-state index contributed by atoms with van der Waals surface area (Å²) in [6, 6.07) is 9.56. The largest absolute Gasteiger partial charge is 0.492 e. The summed E-state index contributed by atoms with van der Waals surface area (Å²) < 4.78 is 11.3. The van der Waals surface area contributed by atoms with Gasteiger partial charge in [0, 0.05) is 47.7 Å². The Morgan fingerprint density at radius 1 is 1.09 bits per heavy atom. The van der Waals surface area contributed by atoms with Gasteiger partial charge in [0.05, 0.1) is 25.5 Å². The van der Waals surface area contributed by atoms with E-state index in [1.165, 1.54) is 4.90 Å². The predicted molar refractivity (Wildman–Crippen MR) is 127 cm³/mol. The molecule has 178 valence electrons. The van der Waals surface area contributed by atoms with Gasteiger partial charge in [0.25, 0.3) is 5.91 Å². The van der Waals surface area contributed by atoms with E-state index in [2.05, 4.69) is 24.1 Å². The second kappa shape index (κ2) is 7.18. The molecule has 1 saturated carbocycles. The van der Waals surface area contributed by atoms with Crippen LogP contribution < -0.4 is 15.0 Å². The van der Waals surface area contributed by atoms with Gasteiger partial charge in [-0.3, -0.25) is 4.79 Å².